The molecule has 0 saturated heterocycles. The average molecular weight is 406 g/mol. The molecular weight excluding hydrogens is 386 g/mol. The van der Waals surface area contributed by atoms with Gasteiger partial charge in [0.2, 0.25) is 11.8 Å². The lowest BCUT2D eigenvalue weighted by atomic mass is 9.82. The number of hydrogen-bond acceptors (Lipinski definition) is 5. The number of rotatable bonds is 6. The largest absolute Gasteiger partial charge is 0.349 e. The van der Waals surface area contributed by atoms with Crippen LogP contribution in [0.2, 0.25) is 0 Å². The van der Waals surface area contributed by atoms with Crippen molar-refractivity contribution in [2.24, 2.45) is 0 Å². The molecule has 0 atom stereocenters. The third-order valence-electron chi connectivity index (χ3n) is 4.24. The number of hydrogen-bond donors (Lipinski definition) is 0. The minimum atomic E-state index is -1.50. The van der Waals surface area contributed by atoms with Crippen LogP contribution >= 0.6 is 11.3 Å². The average Bonchev–Trinajstić information content (AvgIpc) is 3.13. The van der Waals surface area contributed by atoms with Gasteiger partial charge in [-0.3, -0.25) is 9.59 Å². The molecule has 0 aliphatic carbocycles. The zero-order chi connectivity index (χ0) is 21.1. The molecule has 1 aromatic heterocycles. The van der Waals surface area contributed by atoms with E-state index in [0.29, 0.717) is 0 Å². The van der Waals surface area contributed by atoms with E-state index in [1.54, 1.807) is 28.2 Å². The Hall–Kier alpha value is -2.86. The second kappa shape index (κ2) is 8.44. The summed E-state index contributed by atoms with van der Waals surface area (Å²) in [5.74, 6) is -1.97. The Morgan fingerprint density at radius 3 is 2.21 bits per heavy atom. The standard InChI is InChI=1S/C19H20F2N4O2S/c1-24(2)16(26)8-19(11-22,9-17(27)25(3)4)18-23-15(10-28-18)13-7-12(20)5-6-14(13)21/h5-7,10H,8-9H2,1-4H3. The van der Waals surface area contributed by atoms with Gasteiger partial charge in [0.25, 0.3) is 0 Å². The molecule has 0 radical (unpaired) electrons. The Bertz CT molecular complexity index is 912. The molecule has 9 heteroatoms. The van der Waals surface area contributed by atoms with Crippen molar-refractivity contribution in [3.8, 4) is 17.3 Å². The number of amides is 2. The summed E-state index contributed by atoms with van der Waals surface area (Å²) >= 11 is 1.03. The summed E-state index contributed by atoms with van der Waals surface area (Å²) < 4.78 is 27.6. The van der Waals surface area contributed by atoms with Crippen molar-refractivity contribution >= 4 is 23.2 Å². The summed E-state index contributed by atoms with van der Waals surface area (Å²) in [7, 11) is 6.20. The van der Waals surface area contributed by atoms with Crippen LogP contribution in [0.4, 0.5) is 8.78 Å². The topological polar surface area (TPSA) is 77.3 Å². The van der Waals surface area contributed by atoms with Gasteiger partial charge in [0.15, 0.2) is 0 Å². The Balaban J connectivity index is 2.53. The Labute approximate surface area is 166 Å². The molecule has 6 nitrogen and oxygen atoms in total. The predicted octanol–water partition coefficient (Wildman–Crippen LogP) is 2.81. The van der Waals surface area contributed by atoms with Crippen LogP contribution in [0.1, 0.15) is 17.8 Å². The van der Waals surface area contributed by atoms with E-state index in [1.807, 2.05) is 0 Å². The quantitative estimate of drug-likeness (QED) is 0.739. The van der Waals surface area contributed by atoms with E-state index in [9.17, 15) is 23.6 Å². The number of aromatic nitrogens is 1. The number of nitriles is 1. The molecule has 28 heavy (non-hydrogen) atoms. The van der Waals surface area contributed by atoms with Crippen LogP contribution in [0.3, 0.4) is 0 Å². The van der Waals surface area contributed by atoms with E-state index in [2.05, 4.69) is 11.1 Å². The van der Waals surface area contributed by atoms with Crippen LogP contribution < -0.4 is 0 Å². The van der Waals surface area contributed by atoms with Crippen LogP contribution in [-0.2, 0) is 15.0 Å². The lowest BCUT2D eigenvalue weighted by Gasteiger charge is -2.26. The van der Waals surface area contributed by atoms with Crippen molar-refractivity contribution < 1.29 is 18.4 Å². The van der Waals surface area contributed by atoms with Gasteiger partial charge in [-0.15, -0.1) is 11.3 Å². The molecule has 2 amide bonds. The van der Waals surface area contributed by atoms with Gasteiger partial charge in [-0.2, -0.15) is 5.26 Å². The maximum absolute atomic E-state index is 14.1. The fourth-order valence-corrected chi connectivity index (χ4v) is 3.45. The number of carbonyl (C=O) groups is 2. The summed E-state index contributed by atoms with van der Waals surface area (Å²) in [6.07, 6.45) is -0.511. The smallest absolute Gasteiger partial charge is 0.224 e. The van der Waals surface area contributed by atoms with E-state index in [4.69, 9.17) is 0 Å². The van der Waals surface area contributed by atoms with Gasteiger partial charge < -0.3 is 9.80 Å². The molecule has 0 saturated carbocycles. The van der Waals surface area contributed by atoms with Crippen molar-refractivity contribution in [2.75, 3.05) is 28.2 Å². The van der Waals surface area contributed by atoms with Crippen molar-refractivity contribution in [3.63, 3.8) is 0 Å². The van der Waals surface area contributed by atoms with Gasteiger partial charge in [0.05, 0.1) is 24.6 Å². The van der Waals surface area contributed by atoms with Crippen LogP contribution in [0.15, 0.2) is 23.6 Å². The zero-order valence-electron chi connectivity index (χ0n) is 16.0. The summed E-state index contributed by atoms with van der Waals surface area (Å²) in [4.78, 5) is 31.6. The third kappa shape index (κ3) is 4.51. The first-order chi connectivity index (χ1) is 13.1. The number of nitrogens with zero attached hydrogens (tertiary/aromatic N) is 4. The van der Waals surface area contributed by atoms with Crippen LogP contribution in [0.25, 0.3) is 11.3 Å². The molecule has 2 aromatic rings. The van der Waals surface area contributed by atoms with Crippen molar-refractivity contribution in [3.05, 3.63) is 40.2 Å². The molecule has 0 unspecified atom stereocenters. The molecule has 2 rings (SSSR count). The van der Waals surface area contributed by atoms with E-state index >= 15 is 0 Å². The van der Waals surface area contributed by atoms with Gasteiger partial charge in [0, 0.05) is 39.1 Å². The molecule has 0 N–H and O–H groups in total. The highest BCUT2D eigenvalue weighted by molar-refractivity contribution is 7.10. The fourth-order valence-electron chi connectivity index (χ4n) is 2.48. The number of thiazole rings is 1. The predicted molar refractivity (Wildman–Crippen MR) is 101 cm³/mol. The first-order valence-corrected chi connectivity index (χ1v) is 9.20. The molecule has 1 aromatic carbocycles. The van der Waals surface area contributed by atoms with Crippen LogP contribution in [0.5, 0.6) is 0 Å². The fraction of sp³-hybridized carbons (Fsp3) is 0.368. The molecular formula is C19H20F2N4O2S. The lowest BCUT2D eigenvalue weighted by molar-refractivity contribution is -0.132. The highest BCUT2D eigenvalue weighted by Gasteiger charge is 2.41. The Morgan fingerprint density at radius 1 is 1.14 bits per heavy atom. The molecule has 0 spiro atoms. The monoisotopic (exact) mass is 406 g/mol. The molecule has 0 aliphatic heterocycles. The first kappa shape index (κ1) is 21.4. The third-order valence-corrected chi connectivity index (χ3v) is 5.28. The summed E-state index contributed by atoms with van der Waals surface area (Å²) in [5.41, 5.74) is -1.41. The molecule has 0 bridgehead atoms. The second-order valence-corrected chi connectivity index (χ2v) is 7.64. The molecule has 0 aliphatic rings. The number of benzene rings is 1. The second-order valence-electron chi connectivity index (χ2n) is 6.79. The Kier molecular flexibility index (Phi) is 6.46. The Morgan fingerprint density at radius 2 is 1.71 bits per heavy atom. The maximum atomic E-state index is 14.1. The highest BCUT2D eigenvalue weighted by Crippen LogP contribution is 2.37. The van der Waals surface area contributed by atoms with Gasteiger partial charge in [-0.05, 0) is 18.2 Å². The van der Waals surface area contributed by atoms with Crippen molar-refractivity contribution in [1.82, 2.24) is 14.8 Å². The molecule has 0 fully saturated rings. The maximum Gasteiger partial charge on any atom is 0.224 e. The minimum absolute atomic E-state index is 0.0489. The van der Waals surface area contributed by atoms with E-state index in [1.165, 1.54) is 15.2 Å². The van der Waals surface area contributed by atoms with Gasteiger partial charge >= 0.3 is 0 Å². The molecule has 148 valence electrons. The van der Waals surface area contributed by atoms with Crippen molar-refractivity contribution in [2.45, 2.75) is 18.3 Å². The van der Waals surface area contributed by atoms with Gasteiger partial charge in [-0.25, -0.2) is 13.8 Å². The number of carbonyl (C=O) groups excluding carboxylic acids is 2. The SMILES string of the molecule is CN(C)C(=O)CC(C#N)(CC(=O)N(C)C)c1nc(-c2cc(F)ccc2F)cs1. The van der Waals surface area contributed by atoms with Crippen LogP contribution in [0, 0.1) is 23.0 Å². The summed E-state index contributed by atoms with van der Waals surface area (Å²) in [6, 6.07) is 5.08. The summed E-state index contributed by atoms with van der Waals surface area (Å²) in [5, 5.41) is 11.6. The zero-order valence-corrected chi connectivity index (χ0v) is 16.8. The van der Waals surface area contributed by atoms with E-state index in [0.717, 1.165) is 29.5 Å². The van der Waals surface area contributed by atoms with Crippen LogP contribution in [-0.4, -0.2) is 54.8 Å². The van der Waals surface area contributed by atoms with E-state index in [-0.39, 0.29) is 40.9 Å². The normalized spacial score (nSPS) is 11.0. The van der Waals surface area contributed by atoms with Gasteiger partial charge in [-0.1, -0.05) is 0 Å². The van der Waals surface area contributed by atoms with E-state index < -0.39 is 17.0 Å². The minimum Gasteiger partial charge on any atom is -0.349 e. The molecule has 1 heterocycles. The number of halogens is 2. The van der Waals surface area contributed by atoms with Gasteiger partial charge in [0.1, 0.15) is 22.1 Å². The highest BCUT2D eigenvalue weighted by atomic mass is 32.1. The first-order valence-electron chi connectivity index (χ1n) is 8.32. The summed E-state index contributed by atoms with van der Waals surface area (Å²) in [6.45, 7) is 0. The lowest BCUT2D eigenvalue weighted by Crippen LogP contribution is -2.38. The van der Waals surface area contributed by atoms with Crippen molar-refractivity contribution in [1.29, 1.82) is 5.26 Å².